The molecule has 0 saturated heterocycles. The van der Waals surface area contributed by atoms with Crippen LogP contribution < -0.4 is 4.90 Å². The van der Waals surface area contributed by atoms with E-state index in [0.29, 0.717) is 18.7 Å². The molecule has 1 saturated carbocycles. The maximum atomic E-state index is 13.0. The Balaban J connectivity index is 1.72. The van der Waals surface area contributed by atoms with E-state index in [0.717, 1.165) is 18.5 Å². The molecule has 1 aliphatic heterocycles. The highest BCUT2D eigenvalue weighted by molar-refractivity contribution is 6.07. The number of hydrogen-bond acceptors (Lipinski definition) is 3. The Kier molecular flexibility index (Phi) is 3.27. The van der Waals surface area contributed by atoms with Gasteiger partial charge < -0.3 is 14.4 Å². The second kappa shape index (κ2) is 5.23. The van der Waals surface area contributed by atoms with E-state index in [1.807, 2.05) is 25.1 Å². The summed E-state index contributed by atoms with van der Waals surface area (Å²) in [5, 5.41) is 9.26. The number of furan rings is 1. The zero-order chi connectivity index (χ0) is 16.9. The van der Waals surface area contributed by atoms with Gasteiger partial charge in [-0.3, -0.25) is 4.79 Å². The molecule has 1 aromatic heterocycles. The van der Waals surface area contributed by atoms with Gasteiger partial charge in [-0.15, -0.1) is 0 Å². The van der Waals surface area contributed by atoms with Gasteiger partial charge in [-0.2, -0.15) is 0 Å². The predicted octanol–water partition coefficient (Wildman–Crippen LogP) is 3.62. The number of hydrogen-bond donors (Lipinski definition) is 1. The summed E-state index contributed by atoms with van der Waals surface area (Å²) >= 11 is 0. The Morgan fingerprint density at radius 2 is 2.04 bits per heavy atom. The third-order valence-corrected chi connectivity index (χ3v) is 5.35. The van der Waals surface area contributed by atoms with Gasteiger partial charge in [0.1, 0.15) is 11.3 Å². The molecule has 2 heterocycles. The topological polar surface area (TPSA) is 70.8 Å². The molecular formula is C19H19NO4. The van der Waals surface area contributed by atoms with E-state index in [9.17, 15) is 14.7 Å². The Labute approximate surface area is 139 Å². The molecule has 1 fully saturated rings. The normalized spacial score (nSPS) is 17.6. The SMILES string of the molecule is CCc1oc(C(=O)N2CC3(CCC3)c3ccccc32)cc1C(=O)O. The number of nitrogens with zero attached hydrogens (tertiary/aromatic N) is 1. The molecule has 5 nitrogen and oxygen atoms in total. The van der Waals surface area contributed by atoms with Gasteiger partial charge in [0.2, 0.25) is 0 Å². The summed E-state index contributed by atoms with van der Waals surface area (Å²) in [4.78, 5) is 26.0. The predicted molar refractivity (Wildman–Crippen MR) is 88.7 cm³/mol. The molecule has 4 rings (SSSR count). The largest absolute Gasteiger partial charge is 0.478 e. The fourth-order valence-electron chi connectivity index (χ4n) is 3.95. The number of carboxylic acid groups (broad SMARTS) is 1. The number of carboxylic acids is 1. The first-order chi connectivity index (χ1) is 11.6. The van der Waals surface area contributed by atoms with Crippen molar-refractivity contribution in [3.05, 3.63) is 53.0 Å². The number of fused-ring (bicyclic) bond motifs is 2. The van der Waals surface area contributed by atoms with Gasteiger partial charge in [0.25, 0.3) is 5.91 Å². The summed E-state index contributed by atoms with van der Waals surface area (Å²) in [6, 6.07) is 9.36. The Morgan fingerprint density at radius 3 is 2.62 bits per heavy atom. The first kappa shape index (κ1) is 15.0. The molecule has 0 bridgehead atoms. The van der Waals surface area contributed by atoms with Crippen LogP contribution in [0.3, 0.4) is 0 Å². The molecule has 1 spiro atoms. The van der Waals surface area contributed by atoms with Crippen molar-refractivity contribution in [2.45, 2.75) is 38.0 Å². The molecule has 124 valence electrons. The number of aryl methyl sites for hydroxylation is 1. The van der Waals surface area contributed by atoms with Gasteiger partial charge in [0.05, 0.1) is 0 Å². The number of carbonyl (C=O) groups excluding carboxylic acids is 1. The standard InChI is InChI=1S/C19H19NO4/c1-2-15-12(18(22)23)10-16(24-15)17(21)20-11-19(8-5-9-19)13-6-3-4-7-14(13)20/h3-4,6-7,10H,2,5,8-9,11H2,1H3,(H,22,23). The number of para-hydroxylation sites is 1. The van der Waals surface area contributed by atoms with Gasteiger partial charge in [0, 0.05) is 30.1 Å². The lowest BCUT2D eigenvalue weighted by Gasteiger charge is -2.38. The highest BCUT2D eigenvalue weighted by Crippen LogP contribution is 2.52. The molecule has 1 N–H and O–H groups in total. The van der Waals surface area contributed by atoms with Crippen LogP contribution in [-0.4, -0.2) is 23.5 Å². The molecule has 1 amide bonds. The van der Waals surface area contributed by atoms with E-state index in [4.69, 9.17) is 4.42 Å². The van der Waals surface area contributed by atoms with Crippen molar-refractivity contribution in [2.24, 2.45) is 0 Å². The monoisotopic (exact) mass is 325 g/mol. The van der Waals surface area contributed by atoms with Gasteiger partial charge in [-0.1, -0.05) is 31.5 Å². The average Bonchev–Trinajstić information content (AvgIpc) is 3.13. The zero-order valence-corrected chi connectivity index (χ0v) is 13.5. The van der Waals surface area contributed by atoms with Crippen molar-refractivity contribution in [3.63, 3.8) is 0 Å². The molecular weight excluding hydrogens is 306 g/mol. The minimum Gasteiger partial charge on any atom is -0.478 e. The number of carbonyl (C=O) groups is 2. The fraction of sp³-hybridized carbons (Fsp3) is 0.368. The molecule has 0 radical (unpaired) electrons. The van der Waals surface area contributed by atoms with E-state index in [1.54, 1.807) is 4.90 Å². The molecule has 24 heavy (non-hydrogen) atoms. The molecule has 2 aromatic rings. The van der Waals surface area contributed by atoms with Crippen molar-refractivity contribution >= 4 is 17.6 Å². The molecule has 0 atom stereocenters. The third-order valence-electron chi connectivity index (χ3n) is 5.35. The van der Waals surface area contributed by atoms with Crippen LogP contribution in [0.1, 0.15) is 58.4 Å². The number of benzene rings is 1. The Morgan fingerprint density at radius 1 is 1.29 bits per heavy atom. The summed E-state index contributed by atoms with van der Waals surface area (Å²) in [5.74, 6) is -0.868. The lowest BCUT2D eigenvalue weighted by atomic mass is 9.66. The second-order valence-corrected chi connectivity index (χ2v) is 6.65. The van der Waals surface area contributed by atoms with Gasteiger partial charge >= 0.3 is 5.97 Å². The van der Waals surface area contributed by atoms with Crippen molar-refractivity contribution in [1.82, 2.24) is 0 Å². The number of aromatic carboxylic acids is 1. The van der Waals surface area contributed by atoms with Crippen molar-refractivity contribution in [2.75, 3.05) is 11.4 Å². The number of rotatable bonds is 3. The van der Waals surface area contributed by atoms with Crippen LogP contribution in [0.5, 0.6) is 0 Å². The van der Waals surface area contributed by atoms with Crippen LogP contribution in [0.2, 0.25) is 0 Å². The number of amides is 1. The summed E-state index contributed by atoms with van der Waals surface area (Å²) < 4.78 is 5.56. The van der Waals surface area contributed by atoms with E-state index in [1.165, 1.54) is 18.1 Å². The van der Waals surface area contributed by atoms with Crippen LogP contribution in [0.25, 0.3) is 0 Å². The fourth-order valence-corrected chi connectivity index (χ4v) is 3.95. The average molecular weight is 325 g/mol. The minimum atomic E-state index is -1.06. The summed E-state index contributed by atoms with van der Waals surface area (Å²) in [5.41, 5.74) is 2.30. The first-order valence-electron chi connectivity index (χ1n) is 8.33. The van der Waals surface area contributed by atoms with Crippen LogP contribution in [-0.2, 0) is 11.8 Å². The lowest BCUT2D eigenvalue weighted by Crippen LogP contribution is -2.41. The molecule has 2 aliphatic rings. The number of anilines is 1. The van der Waals surface area contributed by atoms with E-state index in [-0.39, 0.29) is 22.6 Å². The lowest BCUT2D eigenvalue weighted by molar-refractivity contribution is 0.0694. The van der Waals surface area contributed by atoms with Crippen LogP contribution in [0.15, 0.2) is 34.7 Å². The van der Waals surface area contributed by atoms with Gasteiger partial charge in [-0.25, -0.2) is 4.79 Å². The van der Waals surface area contributed by atoms with Crippen LogP contribution in [0, 0.1) is 0 Å². The molecule has 5 heteroatoms. The quantitative estimate of drug-likeness (QED) is 0.935. The Bertz CT molecular complexity index is 832. The molecule has 1 aromatic carbocycles. The summed E-state index contributed by atoms with van der Waals surface area (Å²) in [7, 11) is 0. The Hall–Kier alpha value is -2.56. The maximum Gasteiger partial charge on any atom is 0.339 e. The van der Waals surface area contributed by atoms with E-state index >= 15 is 0 Å². The minimum absolute atomic E-state index is 0.0715. The highest BCUT2D eigenvalue weighted by Gasteiger charge is 2.48. The summed E-state index contributed by atoms with van der Waals surface area (Å²) in [6.07, 6.45) is 3.80. The van der Waals surface area contributed by atoms with E-state index < -0.39 is 5.97 Å². The second-order valence-electron chi connectivity index (χ2n) is 6.65. The van der Waals surface area contributed by atoms with Gasteiger partial charge in [-0.05, 0) is 24.5 Å². The molecule has 0 unspecified atom stereocenters. The van der Waals surface area contributed by atoms with Crippen LogP contribution >= 0.6 is 0 Å². The smallest absolute Gasteiger partial charge is 0.339 e. The summed E-state index contributed by atoms with van der Waals surface area (Å²) in [6.45, 7) is 2.46. The van der Waals surface area contributed by atoms with Gasteiger partial charge in [0.15, 0.2) is 5.76 Å². The maximum absolute atomic E-state index is 13.0. The van der Waals surface area contributed by atoms with Crippen molar-refractivity contribution in [3.8, 4) is 0 Å². The third kappa shape index (κ3) is 2.00. The highest BCUT2D eigenvalue weighted by atomic mass is 16.4. The zero-order valence-electron chi connectivity index (χ0n) is 13.5. The van der Waals surface area contributed by atoms with Crippen molar-refractivity contribution < 1.29 is 19.1 Å². The van der Waals surface area contributed by atoms with Crippen LogP contribution in [0.4, 0.5) is 5.69 Å². The first-order valence-corrected chi connectivity index (χ1v) is 8.33. The van der Waals surface area contributed by atoms with E-state index in [2.05, 4.69) is 6.07 Å². The molecule has 1 aliphatic carbocycles. The van der Waals surface area contributed by atoms with Crippen molar-refractivity contribution in [1.29, 1.82) is 0 Å².